The maximum atomic E-state index is 13.2. The lowest BCUT2D eigenvalue weighted by Gasteiger charge is -2.23. The number of ether oxygens (including phenoxy) is 1. The van der Waals surface area contributed by atoms with Gasteiger partial charge >= 0.3 is 7.32 Å². The van der Waals surface area contributed by atoms with Crippen LogP contribution < -0.4 is 15.4 Å². The van der Waals surface area contributed by atoms with Gasteiger partial charge in [0.1, 0.15) is 23.5 Å². The van der Waals surface area contributed by atoms with Gasteiger partial charge in [-0.3, -0.25) is 9.59 Å². The molecule has 0 spiro atoms. The van der Waals surface area contributed by atoms with Crippen LogP contribution in [-0.4, -0.2) is 42.5 Å². The van der Waals surface area contributed by atoms with E-state index >= 15 is 0 Å². The van der Waals surface area contributed by atoms with Crippen molar-refractivity contribution in [3.8, 4) is 5.75 Å². The number of furan rings is 1. The summed E-state index contributed by atoms with van der Waals surface area (Å²) in [6.45, 7) is 0.251. The first kappa shape index (κ1) is 24.8. The summed E-state index contributed by atoms with van der Waals surface area (Å²) in [6.07, 6.45) is 2.96. The van der Waals surface area contributed by atoms with Gasteiger partial charge in [0, 0.05) is 23.9 Å². The molecular weight excluding hydrogens is 451 g/mol. The van der Waals surface area contributed by atoms with Gasteiger partial charge < -0.3 is 34.5 Å². The lowest BCUT2D eigenvalue weighted by Crippen LogP contribution is -2.48. The average Bonchev–Trinajstić information content (AvgIpc) is 3.59. The molecule has 35 heavy (non-hydrogen) atoms. The van der Waals surface area contributed by atoms with Crippen LogP contribution in [0.5, 0.6) is 5.75 Å². The molecular formula is C25H29BN2O7. The van der Waals surface area contributed by atoms with Gasteiger partial charge in [0.15, 0.2) is 0 Å². The van der Waals surface area contributed by atoms with Crippen molar-refractivity contribution >= 4 is 30.1 Å². The number of methoxy groups -OCH3 is 1. The normalized spacial score (nSPS) is 14.8. The molecule has 4 rings (SSSR count). The quantitative estimate of drug-likeness (QED) is 0.178. The molecule has 0 radical (unpaired) electrons. The number of amides is 2. The molecule has 1 saturated carbocycles. The van der Waals surface area contributed by atoms with Crippen LogP contribution in [-0.2, 0) is 27.2 Å². The largest absolute Gasteiger partial charge is 0.635 e. The Morgan fingerprint density at radius 3 is 2.69 bits per heavy atom. The Hall–Kier alpha value is -3.34. The van der Waals surface area contributed by atoms with Crippen LogP contribution in [0.4, 0.5) is 0 Å². The zero-order chi connectivity index (χ0) is 24.8. The van der Waals surface area contributed by atoms with E-state index in [0.29, 0.717) is 23.7 Å². The highest BCUT2D eigenvalue weighted by atomic mass is 16.6. The van der Waals surface area contributed by atoms with E-state index in [2.05, 4.69) is 10.6 Å². The third-order valence-electron chi connectivity index (χ3n) is 6.06. The lowest BCUT2D eigenvalue weighted by molar-refractivity contribution is -0.137. The molecule has 0 bridgehead atoms. The summed E-state index contributed by atoms with van der Waals surface area (Å²) < 4.78 is 15.9. The Morgan fingerprint density at radius 2 is 1.94 bits per heavy atom. The molecule has 9 nitrogen and oxygen atoms in total. The minimum Gasteiger partial charge on any atom is -0.497 e. The zero-order valence-corrected chi connectivity index (χ0v) is 19.5. The fraction of sp³-hybridized carbons (Fsp3) is 0.360. The summed E-state index contributed by atoms with van der Waals surface area (Å²) in [6, 6.07) is 14.7. The Balaban J connectivity index is 1.44. The standard InChI is InChI=1S/C25H29BN2O7/c1-33-19-6-4-5-17(11-19)14-27-24(29)21(12-16-9-10-16)25(30)28-23(35-26(31)32)13-18-15-34-22-8-3-2-7-20(18)22/h2-8,11,15-16,21,23,31-32H,9-10,12-14H2,1H3,(H,27,29)(H,28,30)/t21?,23-/m1/s1. The molecule has 1 aromatic heterocycles. The number of para-hydroxylation sites is 1. The van der Waals surface area contributed by atoms with Gasteiger partial charge in [0.05, 0.1) is 13.4 Å². The van der Waals surface area contributed by atoms with Crippen molar-refractivity contribution in [3.05, 3.63) is 65.9 Å². The maximum Gasteiger partial charge on any atom is 0.635 e. The summed E-state index contributed by atoms with van der Waals surface area (Å²) in [5.41, 5.74) is 2.24. The van der Waals surface area contributed by atoms with E-state index in [1.165, 1.54) is 0 Å². The highest BCUT2D eigenvalue weighted by molar-refractivity contribution is 6.32. The molecule has 1 unspecified atom stereocenters. The maximum absolute atomic E-state index is 13.2. The van der Waals surface area contributed by atoms with E-state index in [1.807, 2.05) is 48.5 Å². The predicted octanol–water partition coefficient (Wildman–Crippen LogP) is 2.15. The summed E-state index contributed by atoms with van der Waals surface area (Å²) in [4.78, 5) is 26.2. The first-order valence-corrected chi connectivity index (χ1v) is 11.6. The molecule has 0 saturated heterocycles. The van der Waals surface area contributed by atoms with E-state index in [1.54, 1.807) is 13.4 Å². The number of rotatable bonds is 12. The number of carbonyl (C=O) groups is 2. The molecule has 1 aliphatic rings. The zero-order valence-electron chi connectivity index (χ0n) is 19.5. The van der Waals surface area contributed by atoms with Crippen LogP contribution in [0.3, 0.4) is 0 Å². The van der Waals surface area contributed by atoms with Gasteiger partial charge in [-0.25, -0.2) is 0 Å². The lowest BCUT2D eigenvalue weighted by atomic mass is 9.99. The second kappa shape index (κ2) is 11.4. The summed E-state index contributed by atoms with van der Waals surface area (Å²) in [7, 11) is -0.524. The van der Waals surface area contributed by atoms with Crippen molar-refractivity contribution in [2.75, 3.05) is 7.11 Å². The Morgan fingerprint density at radius 1 is 1.14 bits per heavy atom. The number of carbonyl (C=O) groups excluding carboxylic acids is 2. The van der Waals surface area contributed by atoms with Crippen molar-refractivity contribution < 1.29 is 33.4 Å². The molecule has 1 fully saturated rings. The molecule has 3 aromatic rings. The number of hydrogen-bond donors (Lipinski definition) is 4. The van der Waals surface area contributed by atoms with E-state index in [-0.39, 0.29) is 13.0 Å². The van der Waals surface area contributed by atoms with Crippen molar-refractivity contribution in [2.45, 2.75) is 38.5 Å². The highest BCUT2D eigenvalue weighted by Gasteiger charge is 2.35. The molecule has 0 aliphatic heterocycles. The Bertz CT molecular complexity index is 1160. The van der Waals surface area contributed by atoms with Crippen LogP contribution in [0.15, 0.2) is 59.2 Å². The van der Waals surface area contributed by atoms with Crippen molar-refractivity contribution in [1.82, 2.24) is 10.6 Å². The average molecular weight is 480 g/mol. The fourth-order valence-electron chi connectivity index (χ4n) is 4.04. The molecule has 1 aliphatic carbocycles. The molecule has 2 amide bonds. The molecule has 2 atom stereocenters. The van der Waals surface area contributed by atoms with E-state index < -0.39 is 31.3 Å². The van der Waals surface area contributed by atoms with Gasteiger partial charge in [-0.1, -0.05) is 43.2 Å². The first-order valence-electron chi connectivity index (χ1n) is 11.6. The van der Waals surface area contributed by atoms with Gasteiger partial charge in [0.25, 0.3) is 0 Å². The number of hydrogen-bond acceptors (Lipinski definition) is 7. The minimum atomic E-state index is -2.10. The van der Waals surface area contributed by atoms with Crippen LogP contribution in [0.2, 0.25) is 0 Å². The number of benzene rings is 2. The van der Waals surface area contributed by atoms with Crippen LogP contribution >= 0.6 is 0 Å². The number of fused-ring (bicyclic) bond motifs is 1. The van der Waals surface area contributed by atoms with Crippen molar-refractivity contribution in [3.63, 3.8) is 0 Å². The molecule has 10 heteroatoms. The summed E-state index contributed by atoms with van der Waals surface area (Å²) in [5, 5.41) is 25.1. The molecule has 184 valence electrons. The van der Waals surface area contributed by atoms with Gasteiger partial charge in [-0.05, 0) is 36.1 Å². The van der Waals surface area contributed by atoms with Crippen LogP contribution in [0, 0.1) is 11.8 Å². The summed E-state index contributed by atoms with van der Waals surface area (Å²) >= 11 is 0. The third kappa shape index (κ3) is 6.85. The van der Waals surface area contributed by atoms with E-state index in [4.69, 9.17) is 13.8 Å². The van der Waals surface area contributed by atoms with Crippen molar-refractivity contribution in [1.29, 1.82) is 0 Å². The minimum absolute atomic E-state index is 0.127. The molecule has 2 aromatic carbocycles. The third-order valence-corrected chi connectivity index (χ3v) is 6.06. The fourth-order valence-corrected chi connectivity index (χ4v) is 4.04. The first-order chi connectivity index (χ1) is 16.9. The molecule has 1 heterocycles. The Kier molecular flexibility index (Phi) is 8.07. The molecule has 4 N–H and O–H groups in total. The van der Waals surface area contributed by atoms with Crippen LogP contribution in [0.1, 0.15) is 30.4 Å². The van der Waals surface area contributed by atoms with Gasteiger partial charge in [0.2, 0.25) is 11.8 Å². The van der Waals surface area contributed by atoms with Crippen LogP contribution in [0.25, 0.3) is 11.0 Å². The summed E-state index contributed by atoms with van der Waals surface area (Å²) in [5.74, 6) is -0.865. The highest BCUT2D eigenvalue weighted by Crippen LogP contribution is 2.35. The second-order valence-corrected chi connectivity index (χ2v) is 8.72. The number of nitrogens with one attached hydrogen (secondary N) is 2. The SMILES string of the molecule is COc1cccc(CNC(=O)C(CC2CC2)C(=O)N[C@@H](Cc2coc3ccccc23)OB(O)O)c1. The monoisotopic (exact) mass is 480 g/mol. The van der Waals surface area contributed by atoms with E-state index in [0.717, 1.165) is 29.4 Å². The van der Waals surface area contributed by atoms with Gasteiger partial charge in [-0.2, -0.15) is 0 Å². The predicted molar refractivity (Wildman–Crippen MR) is 129 cm³/mol. The van der Waals surface area contributed by atoms with E-state index in [9.17, 15) is 19.6 Å². The second-order valence-electron chi connectivity index (χ2n) is 8.72. The Labute approximate surface area is 203 Å². The smallest absolute Gasteiger partial charge is 0.497 e. The topological polar surface area (TPSA) is 130 Å². The van der Waals surface area contributed by atoms with Crippen molar-refractivity contribution in [2.24, 2.45) is 11.8 Å². The van der Waals surface area contributed by atoms with Gasteiger partial charge in [-0.15, -0.1) is 0 Å².